The van der Waals surface area contributed by atoms with Crippen molar-refractivity contribution in [2.24, 2.45) is 0 Å². The van der Waals surface area contributed by atoms with Gasteiger partial charge in [0.05, 0.1) is 42.8 Å². The molecule has 4 nitrogen and oxygen atoms in total. The van der Waals surface area contributed by atoms with Gasteiger partial charge in [0.2, 0.25) is 0 Å². The van der Waals surface area contributed by atoms with E-state index in [4.69, 9.17) is 0 Å². The van der Waals surface area contributed by atoms with Crippen molar-refractivity contribution in [2.45, 2.75) is 0 Å². The van der Waals surface area contributed by atoms with E-state index in [0.717, 1.165) is 20.0 Å². The highest BCUT2D eigenvalue weighted by atomic mass is 15.5. The van der Waals surface area contributed by atoms with Crippen molar-refractivity contribution >= 4 is 23.5 Å². The second-order valence-corrected chi connectivity index (χ2v) is 7.35. The lowest BCUT2D eigenvalue weighted by molar-refractivity contribution is 0.250. The number of para-hydroxylation sites is 2. The first-order valence-corrected chi connectivity index (χ1v) is 9.36. The van der Waals surface area contributed by atoms with Crippen molar-refractivity contribution in [3.63, 3.8) is 0 Å². The fourth-order valence-corrected chi connectivity index (χ4v) is 4.32. The molecule has 0 aromatic heterocycles. The molecule has 0 atom stereocenters. The highest BCUT2D eigenvalue weighted by Crippen LogP contribution is 2.36. The molecule has 0 bridgehead atoms. The van der Waals surface area contributed by atoms with E-state index in [2.05, 4.69) is 105 Å². The molecule has 0 saturated carbocycles. The van der Waals surface area contributed by atoms with Crippen LogP contribution in [0.5, 0.6) is 0 Å². The minimum Gasteiger partial charge on any atom is -0.340 e. The van der Waals surface area contributed by atoms with Crippen LogP contribution >= 0.6 is 0 Å². The largest absolute Gasteiger partial charge is 0.340 e. The number of hydrogen-bond acceptors (Lipinski definition) is 4. The lowest BCUT2D eigenvalue weighted by Gasteiger charge is -2.30. The predicted molar refractivity (Wildman–Crippen MR) is 110 cm³/mol. The molecule has 4 heteroatoms. The zero-order chi connectivity index (χ0) is 17.8. The van der Waals surface area contributed by atoms with Crippen molar-refractivity contribution in [1.82, 2.24) is 9.80 Å². The summed E-state index contributed by atoms with van der Waals surface area (Å²) in [6, 6.07) is 17.2. The molecule has 0 N–H and O–H groups in total. The Hall–Kier alpha value is -3.40. The van der Waals surface area contributed by atoms with Gasteiger partial charge in [-0.3, -0.25) is 0 Å². The van der Waals surface area contributed by atoms with E-state index in [1.807, 2.05) is 0 Å². The highest BCUT2D eigenvalue weighted by Gasteiger charge is 2.29. The highest BCUT2D eigenvalue weighted by molar-refractivity contribution is 5.78. The van der Waals surface area contributed by atoms with E-state index in [0.29, 0.717) is 0 Å². The summed E-state index contributed by atoms with van der Waals surface area (Å²) >= 11 is 0. The molecule has 0 radical (unpaired) electrons. The first kappa shape index (κ1) is 14.7. The summed E-state index contributed by atoms with van der Waals surface area (Å²) < 4.78 is 0. The number of benzene rings is 2. The molecule has 2 aromatic rings. The zero-order valence-electron chi connectivity index (χ0n) is 15.0. The molecule has 4 heterocycles. The van der Waals surface area contributed by atoms with Gasteiger partial charge in [-0.1, -0.05) is 48.6 Å². The number of fused-ring (bicyclic) bond motifs is 6. The number of anilines is 2. The number of allylic oxidation sites excluding steroid dienone is 2. The minimum atomic E-state index is 0.881. The fourth-order valence-electron chi connectivity index (χ4n) is 4.32. The normalized spacial score (nSPS) is 18.8. The number of nitrogens with zero attached hydrogens (tertiary/aromatic N) is 4. The smallest absolute Gasteiger partial charge is 0.0964 e. The maximum Gasteiger partial charge on any atom is 0.0964 e. The predicted octanol–water partition coefficient (Wildman–Crippen LogP) is 4.24. The van der Waals surface area contributed by atoms with Crippen LogP contribution in [0.2, 0.25) is 0 Å². The quantitative estimate of drug-likeness (QED) is 0.801. The lowest BCUT2D eigenvalue weighted by atomic mass is 10.1. The molecule has 27 heavy (non-hydrogen) atoms. The van der Waals surface area contributed by atoms with Crippen molar-refractivity contribution < 1.29 is 0 Å². The summed E-state index contributed by atoms with van der Waals surface area (Å²) in [5, 5.41) is 0. The van der Waals surface area contributed by atoms with Gasteiger partial charge in [-0.15, -0.1) is 0 Å². The molecule has 0 amide bonds. The molecular weight excluding hydrogens is 332 g/mol. The number of rotatable bonds is 2. The maximum atomic E-state index is 2.39. The monoisotopic (exact) mass is 352 g/mol. The van der Waals surface area contributed by atoms with Crippen LogP contribution in [0.3, 0.4) is 0 Å². The van der Waals surface area contributed by atoms with Crippen molar-refractivity contribution in [3.8, 4) is 0 Å². The van der Waals surface area contributed by atoms with Crippen LogP contribution in [0.1, 0.15) is 11.1 Å². The van der Waals surface area contributed by atoms with E-state index in [9.17, 15) is 0 Å². The van der Waals surface area contributed by atoms with Crippen LogP contribution in [0.4, 0.5) is 11.4 Å². The van der Waals surface area contributed by atoms with Crippen LogP contribution in [0.15, 0.2) is 84.5 Å². The van der Waals surface area contributed by atoms with Gasteiger partial charge in [0.25, 0.3) is 0 Å². The molecule has 132 valence electrons. The Morgan fingerprint density at radius 2 is 1.07 bits per heavy atom. The van der Waals surface area contributed by atoms with Gasteiger partial charge in [0, 0.05) is 12.4 Å². The topological polar surface area (TPSA) is 13.0 Å². The van der Waals surface area contributed by atoms with Crippen molar-refractivity contribution in [3.05, 3.63) is 95.6 Å². The SMILES string of the molecule is C1=Cc2ccccc2N2CN(CN3C=C4C=Cc5ccccc5N4C3)C=C12. The Balaban J connectivity index is 1.21. The molecule has 4 aliphatic heterocycles. The van der Waals surface area contributed by atoms with Crippen molar-refractivity contribution in [1.29, 1.82) is 0 Å². The van der Waals surface area contributed by atoms with E-state index in [1.54, 1.807) is 0 Å². The first-order valence-electron chi connectivity index (χ1n) is 9.36. The Bertz CT molecular complexity index is 962. The third-order valence-corrected chi connectivity index (χ3v) is 5.58. The Morgan fingerprint density at radius 1 is 0.593 bits per heavy atom. The van der Waals surface area contributed by atoms with Crippen LogP contribution in [-0.4, -0.2) is 29.8 Å². The Kier molecular flexibility index (Phi) is 3.03. The fraction of sp³-hybridized carbons (Fsp3) is 0.130. The van der Waals surface area contributed by atoms with E-state index in [1.165, 1.54) is 33.9 Å². The third kappa shape index (κ3) is 2.30. The zero-order valence-corrected chi connectivity index (χ0v) is 15.0. The van der Waals surface area contributed by atoms with Crippen LogP contribution in [0.25, 0.3) is 12.2 Å². The standard InChI is InChI=1S/C23H20N4/c1-3-7-22-18(5-1)9-11-20-13-24(16-26(20)22)15-25-14-21-12-10-19-6-2-4-8-23(19)27(21)17-25/h1-14H,15-17H2. The number of hydrogen-bond donors (Lipinski definition) is 0. The summed E-state index contributed by atoms with van der Waals surface area (Å²) in [5.41, 5.74) is 7.70. The summed E-state index contributed by atoms with van der Waals surface area (Å²) in [5.74, 6) is 0. The molecule has 0 unspecified atom stereocenters. The molecule has 4 aliphatic rings. The lowest BCUT2D eigenvalue weighted by Crippen LogP contribution is -2.36. The molecule has 0 saturated heterocycles. The van der Waals surface area contributed by atoms with E-state index >= 15 is 0 Å². The first-order chi connectivity index (χ1) is 13.3. The average Bonchev–Trinajstić information content (AvgIpc) is 3.31. The van der Waals surface area contributed by atoms with Gasteiger partial charge in [0.15, 0.2) is 0 Å². The second-order valence-electron chi connectivity index (χ2n) is 7.35. The van der Waals surface area contributed by atoms with Crippen LogP contribution in [0, 0.1) is 0 Å². The van der Waals surface area contributed by atoms with Crippen LogP contribution < -0.4 is 9.80 Å². The second kappa shape index (κ2) is 5.55. The van der Waals surface area contributed by atoms with Crippen molar-refractivity contribution in [2.75, 3.05) is 29.8 Å². The van der Waals surface area contributed by atoms with E-state index in [-0.39, 0.29) is 0 Å². The maximum absolute atomic E-state index is 2.39. The van der Waals surface area contributed by atoms with E-state index < -0.39 is 0 Å². The summed E-state index contributed by atoms with van der Waals surface area (Å²) in [6.45, 7) is 2.66. The molecule has 0 spiro atoms. The van der Waals surface area contributed by atoms with Crippen LogP contribution in [-0.2, 0) is 0 Å². The molecule has 6 rings (SSSR count). The van der Waals surface area contributed by atoms with Gasteiger partial charge in [0.1, 0.15) is 0 Å². The minimum absolute atomic E-state index is 0.881. The third-order valence-electron chi connectivity index (χ3n) is 5.58. The van der Waals surface area contributed by atoms with Gasteiger partial charge in [-0.25, -0.2) is 0 Å². The molecule has 0 fully saturated rings. The van der Waals surface area contributed by atoms with Gasteiger partial charge in [-0.05, 0) is 35.4 Å². The summed E-state index contributed by atoms with van der Waals surface area (Å²) in [6.07, 6.45) is 13.4. The Morgan fingerprint density at radius 3 is 1.59 bits per heavy atom. The summed E-state index contributed by atoms with van der Waals surface area (Å²) in [4.78, 5) is 9.54. The Labute approximate surface area is 159 Å². The molecular formula is C23H20N4. The average molecular weight is 352 g/mol. The molecule has 0 aliphatic carbocycles. The molecule has 2 aromatic carbocycles. The summed E-state index contributed by atoms with van der Waals surface area (Å²) in [7, 11) is 0. The van der Waals surface area contributed by atoms with Gasteiger partial charge < -0.3 is 19.6 Å². The van der Waals surface area contributed by atoms with Gasteiger partial charge in [-0.2, -0.15) is 0 Å². The van der Waals surface area contributed by atoms with Gasteiger partial charge >= 0.3 is 0 Å².